The Balaban J connectivity index is 1.83. The van der Waals surface area contributed by atoms with Crippen molar-refractivity contribution in [2.24, 2.45) is 0 Å². The van der Waals surface area contributed by atoms with Crippen LogP contribution >= 0.6 is 0 Å². The Morgan fingerprint density at radius 2 is 1.73 bits per heavy atom. The number of hydrogen-bond donors (Lipinski definition) is 1. The van der Waals surface area contributed by atoms with E-state index in [0.29, 0.717) is 5.69 Å². The van der Waals surface area contributed by atoms with Crippen molar-refractivity contribution in [3.63, 3.8) is 0 Å². The van der Waals surface area contributed by atoms with Crippen molar-refractivity contribution in [1.29, 1.82) is 0 Å². The minimum absolute atomic E-state index is 0.164. The lowest BCUT2D eigenvalue weighted by molar-refractivity contribution is -0.121. The van der Waals surface area contributed by atoms with E-state index in [1.54, 1.807) is 12.1 Å². The van der Waals surface area contributed by atoms with Crippen LogP contribution in [0.3, 0.4) is 0 Å². The average molecular weight is 294 g/mol. The molecular formula is C18H18N2O2. The predicted octanol–water partition coefficient (Wildman–Crippen LogP) is 2.99. The Morgan fingerprint density at radius 3 is 2.45 bits per heavy atom. The smallest absolute Gasteiger partial charge is 0.256 e. The molecule has 2 amide bonds. The van der Waals surface area contributed by atoms with Gasteiger partial charge in [-0.3, -0.25) is 9.59 Å². The number of imide groups is 1. The normalized spacial score (nSPS) is 17.9. The van der Waals surface area contributed by atoms with E-state index in [1.807, 2.05) is 42.5 Å². The van der Waals surface area contributed by atoms with E-state index in [2.05, 4.69) is 12.2 Å². The zero-order chi connectivity index (χ0) is 15.5. The van der Waals surface area contributed by atoms with Crippen LogP contribution in [0.5, 0.6) is 0 Å². The van der Waals surface area contributed by atoms with Crippen molar-refractivity contribution < 1.29 is 9.59 Å². The number of aryl methyl sites for hydroxylation is 1. The predicted molar refractivity (Wildman–Crippen MR) is 86.8 cm³/mol. The van der Waals surface area contributed by atoms with E-state index in [4.69, 9.17) is 0 Å². The highest BCUT2D eigenvalue weighted by Gasteiger charge is 2.39. The molecule has 1 aliphatic rings. The van der Waals surface area contributed by atoms with Crippen LogP contribution in [0.4, 0.5) is 11.4 Å². The number of benzene rings is 2. The lowest BCUT2D eigenvalue weighted by Gasteiger charge is -2.17. The van der Waals surface area contributed by atoms with Gasteiger partial charge in [0.25, 0.3) is 5.91 Å². The SMILES string of the molecule is CCc1ccccc1N[C@@H]1CC(=O)N(c2ccccc2)C1=O. The minimum Gasteiger partial charge on any atom is -0.373 e. The molecule has 0 radical (unpaired) electrons. The molecule has 2 aromatic carbocycles. The second kappa shape index (κ2) is 6.02. The van der Waals surface area contributed by atoms with Gasteiger partial charge < -0.3 is 5.32 Å². The summed E-state index contributed by atoms with van der Waals surface area (Å²) in [7, 11) is 0. The molecule has 0 saturated carbocycles. The third-order valence-corrected chi connectivity index (χ3v) is 3.89. The molecule has 1 atom stereocenters. The fourth-order valence-electron chi connectivity index (χ4n) is 2.75. The Labute approximate surface area is 129 Å². The molecule has 4 heteroatoms. The quantitative estimate of drug-likeness (QED) is 0.882. The van der Waals surface area contributed by atoms with Gasteiger partial charge in [0.2, 0.25) is 5.91 Å². The molecule has 112 valence electrons. The summed E-state index contributed by atoms with van der Waals surface area (Å²) in [5.74, 6) is -0.357. The molecule has 1 fully saturated rings. The molecule has 1 heterocycles. The highest BCUT2D eigenvalue weighted by Crippen LogP contribution is 2.26. The van der Waals surface area contributed by atoms with Crippen LogP contribution in [0, 0.1) is 0 Å². The van der Waals surface area contributed by atoms with E-state index in [9.17, 15) is 9.59 Å². The summed E-state index contributed by atoms with van der Waals surface area (Å²) in [6.07, 6.45) is 1.06. The van der Waals surface area contributed by atoms with Gasteiger partial charge in [-0.15, -0.1) is 0 Å². The van der Waals surface area contributed by atoms with E-state index in [1.165, 1.54) is 4.90 Å². The maximum Gasteiger partial charge on any atom is 0.256 e. The van der Waals surface area contributed by atoms with Crippen molar-refractivity contribution in [3.8, 4) is 0 Å². The van der Waals surface area contributed by atoms with Crippen LogP contribution < -0.4 is 10.2 Å². The number of amides is 2. The van der Waals surface area contributed by atoms with Gasteiger partial charge in [-0.1, -0.05) is 43.3 Å². The summed E-state index contributed by atoms with van der Waals surface area (Å²) in [6, 6.07) is 16.4. The molecular weight excluding hydrogens is 276 g/mol. The Kier molecular flexibility index (Phi) is 3.92. The largest absolute Gasteiger partial charge is 0.373 e. The summed E-state index contributed by atoms with van der Waals surface area (Å²) in [5.41, 5.74) is 2.69. The van der Waals surface area contributed by atoms with E-state index < -0.39 is 6.04 Å². The third-order valence-electron chi connectivity index (χ3n) is 3.89. The molecule has 1 N–H and O–H groups in total. The maximum atomic E-state index is 12.6. The van der Waals surface area contributed by atoms with Gasteiger partial charge in [0.05, 0.1) is 12.1 Å². The topological polar surface area (TPSA) is 49.4 Å². The average Bonchev–Trinajstić information content (AvgIpc) is 2.83. The number of para-hydroxylation sites is 2. The Hall–Kier alpha value is -2.62. The van der Waals surface area contributed by atoms with Gasteiger partial charge in [0.1, 0.15) is 6.04 Å². The van der Waals surface area contributed by atoms with Gasteiger partial charge >= 0.3 is 0 Å². The van der Waals surface area contributed by atoms with Crippen molar-refractivity contribution in [2.75, 3.05) is 10.2 Å². The fourth-order valence-corrected chi connectivity index (χ4v) is 2.75. The zero-order valence-corrected chi connectivity index (χ0v) is 12.5. The number of carbonyl (C=O) groups is 2. The summed E-state index contributed by atoms with van der Waals surface area (Å²) < 4.78 is 0. The van der Waals surface area contributed by atoms with Gasteiger partial charge in [-0.2, -0.15) is 0 Å². The second-order valence-corrected chi connectivity index (χ2v) is 5.31. The van der Waals surface area contributed by atoms with Crippen LogP contribution in [0.1, 0.15) is 18.9 Å². The molecule has 2 aromatic rings. The van der Waals surface area contributed by atoms with E-state index >= 15 is 0 Å². The summed E-state index contributed by atoms with van der Waals surface area (Å²) in [5, 5.41) is 3.23. The van der Waals surface area contributed by atoms with Crippen LogP contribution in [-0.2, 0) is 16.0 Å². The van der Waals surface area contributed by atoms with Crippen molar-refractivity contribution in [2.45, 2.75) is 25.8 Å². The molecule has 1 aliphatic heterocycles. The summed E-state index contributed by atoms with van der Waals surface area (Å²) in [4.78, 5) is 26.0. The van der Waals surface area contributed by atoms with E-state index in [-0.39, 0.29) is 18.2 Å². The van der Waals surface area contributed by atoms with Gasteiger partial charge in [-0.25, -0.2) is 4.90 Å². The van der Waals surface area contributed by atoms with E-state index in [0.717, 1.165) is 17.7 Å². The second-order valence-electron chi connectivity index (χ2n) is 5.31. The standard InChI is InChI=1S/C18H18N2O2/c1-2-13-8-6-7-11-15(13)19-16-12-17(21)20(18(16)22)14-9-4-3-5-10-14/h3-11,16,19H,2,12H2,1H3/t16-/m1/s1. The number of anilines is 2. The monoisotopic (exact) mass is 294 g/mol. The van der Waals surface area contributed by atoms with Gasteiger partial charge in [-0.05, 0) is 30.2 Å². The van der Waals surface area contributed by atoms with Gasteiger partial charge in [0, 0.05) is 5.69 Å². The minimum atomic E-state index is -0.500. The highest BCUT2D eigenvalue weighted by molar-refractivity contribution is 6.23. The fraction of sp³-hybridized carbons (Fsp3) is 0.222. The maximum absolute atomic E-state index is 12.6. The molecule has 0 spiro atoms. The van der Waals surface area contributed by atoms with Crippen molar-refractivity contribution in [1.82, 2.24) is 0 Å². The molecule has 0 aromatic heterocycles. The molecule has 0 unspecified atom stereocenters. The molecule has 3 rings (SSSR count). The first kappa shape index (κ1) is 14.3. The lowest BCUT2D eigenvalue weighted by Crippen LogP contribution is -2.34. The first-order valence-corrected chi connectivity index (χ1v) is 7.47. The lowest BCUT2D eigenvalue weighted by atomic mass is 10.1. The number of rotatable bonds is 4. The zero-order valence-electron chi connectivity index (χ0n) is 12.5. The molecule has 1 saturated heterocycles. The summed E-state index contributed by atoms with van der Waals surface area (Å²) >= 11 is 0. The Bertz CT molecular complexity index is 697. The van der Waals surface area contributed by atoms with Gasteiger partial charge in [0.15, 0.2) is 0 Å². The first-order chi connectivity index (χ1) is 10.7. The number of nitrogens with zero attached hydrogens (tertiary/aromatic N) is 1. The Morgan fingerprint density at radius 1 is 1.05 bits per heavy atom. The number of nitrogens with one attached hydrogen (secondary N) is 1. The van der Waals surface area contributed by atoms with Crippen LogP contribution in [0.25, 0.3) is 0 Å². The molecule has 0 aliphatic carbocycles. The summed E-state index contributed by atoms with van der Waals surface area (Å²) in [6.45, 7) is 2.07. The van der Waals surface area contributed by atoms with Crippen molar-refractivity contribution >= 4 is 23.2 Å². The van der Waals surface area contributed by atoms with Crippen LogP contribution in [-0.4, -0.2) is 17.9 Å². The number of hydrogen-bond acceptors (Lipinski definition) is 3. The van der Waals surface area contributed by atoms with Crippen LogP contribution in [0.2, 0.25) is 0 Å². The van der Waals surface area contributed by atoms with Crippen LogP contribution in [0.15, 0.2) is 54.6 Å². The number of carbonyl (C=O) groups excluding carboxylic acids is 2. The third kappa shape index (κ3) is 2.60. The molecule has 22 heavy (non-hydrogen) atoms. The highest BCUT2D eigenvalue weighted by atomic mass is 16.2. The van der Waals surface area contributed by atoms with Crippen molar-refractivity contribution in [3.05, 3.63) is 60.2 Å². The molecule has 4 nitrogen and oxygen atoms in total. The first-order valence-electron chi connectivity index (χ1n) is 7.47. The molecule has 0 bridgehead atoms.